The average Bonchev–Trinajstić information content (AvgIpc) is 3.25. The number of sulfonamides is 1. The molecule has 162 valence electrons. The fourth-order valence-corrected chi connectivity index (χ4v) is 4.21. The Balaban J connectivity index is 2.05. The van der Waals surface area contributed by atoms with Gasteiger partial charge in [0.1, 0.15) is 18.1 Å². The van der Waals surface area contributed by atoms with Gasteiger partial charge in [-0.05, 0) is 26.0 Å². The molecule has 2 aromatic heterocycles. The van der Waals surface area contributed by atoms with Crippen molar-refractivity contribution in [1.82, 2.24) is 14.5 Å². The summed E-state index contributed by atoms with van der Waals surface area (Å²) in [5.74, 6) is -0.119. The lowest BCUT2D eigenvalue weighted by atomic mass is 10.2. The normalized spacial score (nSPS) is 11.6. The highest BCUT2D eigenvalue weighted by Gasteiger charge is 2.23. The quantitative estimate of drug-likeness (QED) is 0.389. The number of carbonyl (C=O) groups is 1. The number of aromatic amines is 1. The minimum absolute atomic E-state index is 0.129. The van der Waals surface area contributed by atoms with E-state index in [9.17, 15) is 13.2 Å². The van der Waals surface area contributed by atoms with E-state index in [-0.39, 0.29) is 29.8 Å². The number of methoxy groups -OCH3 is 1. The number of nitrogens with one attached hydrogen (secondary N) is 2. The van der Waals surface area contributed by atoms with Gasteiger partial charge < -0.3 is 23.8 Å². The predicted octanol–water partition coefficient (Wildman–Crippen LogP) is 2.21. The Bertz CT molecular complexity index is 1170. The summed E-state index contributed by atoms with van der Waals surface area (Å²) in [5.41, 5.74) is 1.42. The molecule has 2 N–H and O–H groups in total. The molecule has 0 saturated heterocycles. The van der Waals surface area contributed by atoms with Crippen molar-refractivity contribution in [3.8, 4) is 5.75 Å². The maximum absolute atomic E-state index is 12.9. The molecule has 0 atom stereocenters. The molecule has 0 amide bonds. The molecule has 0 radical (unpaired) electrons. The molecule has 30 heavy (non-hydrogen) atoms. The average molecular weight is 436 g/mol. The van der Waals surface area contributed by atoms with Gasteiger partial charge in [-0.3, -0.25) is 4.72 Å². The standard InChI is InChI=1S/C19H24N4O6S/c1-5-28-18(24)16-9-13-8-14(29-7-6-27-4)10-15(17(13)21-16)22-30(25,26)19-20-12(2)11-23(19)3/h8-11,21-22H,5-7H2,1-4H3. The van der Waals surface area contributed by atoms with Crippen LogP contribution < -0.4 is 9.46 Å². The number of esters is 1. The number of H-pyrrole nitrogens is 1. The van der Waals surface area contributed by atoms with E-state index < -0.39 is 16.0 Å². The molecule has 0 spiro atoms. The lowest BCUT2D eigenvalue weighted by molar-refractivity contribution is 0.0520. The molecule has 0 aliphatic carbocycles. The summed E-state index contributed by atoms with van der Waals surface area (Å²) in [4.78, 5) is 19.1. The number of hydrogen-bond acceptors (Lipinski definition) is 7. The first-order valence-electron chi connectivity index (χ1n) is 9.23. The summed E-state index contributed by atoms with van der Waals surface area (Å²) in [6.45, 7) is 4.28. The Labute approximate surface area is 174 Å². The number of imidazole rings is 1. The molecule has 2 heterocycles. The first kappa shape index (κ1) is 21.7. The maximum atomic E-state index is 12.9. The maximum Gasteiger partial charge on any atom is 0.354 e. The number of hydrogen-bond donors (Lipinski definition) is 2. The number of fused-ring (bicyclic) bond motifs is 1. The molecule has 0 aliphatic heterocycles. The molecule has 3 rings (SSSR count). The minimum atomic E-state index is -3.99. The summed E-state index contributed by atoms with van der Waals surface area (Å²) in [7, 11) is -0.839. The SMILES string of the molecule is CCOC(=O)c1cc2cc(OCCOC)cc(NS(=O)(=O)c3nc(C)cn3C)c2[nH]1. The van der Waals surface area contributed by atoms with Crippen LogP contribution in [-0.4, -0.2) is 55.9 Å². The fraction of sp³-hybridized carbons (Fsp3) is 0.368. The topological polar surface area (TPSA) is 125 Å². The number of ether oxygens (including phenoxy) is 3. The Morgan fingerprint density at radius 3 is 2.67 bits per heavy atom. The monoisotopic (exact) mass is 436 g/mol. The number of aromatic nitrogens is 3. The smallest absolute Gasteiger partial charge is 0.354 e. The van der Waals surface area contributed by atoms with Crippen LogP contribution in [0.25, 0.3) is 10.9 Å². The van der Waals surface area contributed by atoms with Gasteiger partial charge in [0.05, 0.1) is 30.1 Å². The first-order chi connectivity index (χ1) is 14.2. The Kier molecular flexibility index (Phi) is 6.32. The van der Waals surface area contributed by atoms with Crippen molar-refractivity contribution < 1.29 is 27.4 Å². The zero-order valence-electron chi connectivity index (χ0n) is 17.2. The van der Waals surface area contributed by atoms with E-state index in [4.69, 9.17) is 14.2 Å². The van der Waals surface area contributed by atoms with Gasteiger partial charge in [0.25, 0.3) is 10.0 Å². The van der Waals surface area contributed by atoms with Crippen molar-refractivity contribution in [1.29, 1.82) is 0 Å². The third kappa shape index (κ3) is 4.57. The molecule has 1 aromatic carbocycles. The van der Waals surface area contributed by atoms with Crippen LogP contribution in [0.2, 0.25) is 0 Å². The van der Waals surface area contributed by atoms with E-state index in [1.165, 1.54) is 10.6 Å². The van der Waals surface area contributed by atoms with Gasteiger partial charge in [-0.25, -0.2) is 9.78 Å². The molecular formula is C19H24N4O6S. The van der Waals surface area contributed by atoms with Crippen molar-refractivity contribution >= 4 is 32.6 Å². The number of aryl methyl sites for hydroxylation is 2. The molecule has 0 aliphatic rings. The van der Waals surface area contributed by atoms with E-state index in [0.717, 1.165) is 0 Å². The third-order valence-corrected chi connectivity index (χ3v) is 5.54. The van der Waals surface area contributed by atoms with E-state index in [1.807, 2.05) is 0 Å². The Morgan fingerprint density at radius 1 is 1.27 bits per heavy atom. The molecule has 0 bridgehead atoms. The van der Waals surface area contributed by atoms with Gasteiger partial charge in [0, 0.05) is 31.8 Å². The first-order valence-corrected chi connectivity index (χ1v) is 10.7. The highest BCUT2D eigenvalue weighted by Crippen LogP contribution is 2.31. The molecule has 0 fully saturated rings. The lowest BCUT2D eigenvalue weighted by Crippen LogP contribution is -2.17. The predicted molar refractivity (Wildman–Crippen MR) is 110 cm³/mol. The van der Waals surface area contributed by atoms with Crippen LogP contribution >= 0.6 is 0 Å². The highest BCUT2D eigenvalue weighted by atomic mass is 32.2. The van der Waals surface area contributed by atoms with Gasteiger partial charge >= 0.3 is 5.97 Å². The van der Waals surface area contributed by atoms with Crippen LogP contribution in [0.1, 0.15) is 23.1 Å². The molecule has 10 nitrogen and oxygen atoms in total. The number of nitrogens with zero attached hydrogens (tertiary/aromatic N) is 2. The Morgan fingerprint density at radius 2 is 2.03 bits per heavy atom. The number of anilines is 1. The summed E-state index contributed by atoms with van der Waals surface area (Å²) in [6.07, 6.45) is 1.61. The van der Waals surface area contributed by atoms with Crippen LogP contribution in [0.5, 0.6) is 5.75 Å². The van der Waals surface area contributed by atoms with Crippen LogP contribution in [0.15, 0.2) is 29.6 Å². The second-order valence-electron chi connectivity index (χ2n) is 6.56. The van der Waals surface area contributed by atoms with Crippen molar-refractivity contribution in [2.75, 3.05) is 31.7 Å². The minimum Gasteiger partial charge on any atom is -0.491 e. The van der Waals surface area contributed by atoms with Crippen molar-refractivity contribution in [3.05, 3.63) is 35.8 Å². The summed E-state index contributed by atoms with van der Waals surface area (Å²) in [5, 5.41) is 0.456. The van der Waals surface area contributed by atoms with Gasteiger partial charge in [-0.2, -0.15) is 8.42 Å². The lowest BCUT2D eigenvalue weighted by Gasteiger charge is -2.12. The summed E-state index contributed by atoms with van der Waals surface area (Å²) < 4.78 is 45.5. The van der Waals surface area contributed by atoms with Crippen LogP contribution in [0, 0.1) is 6.92 Å². The molecule has 0 saturated carbocycles. The number of rotatable bonds is 9. The number of benzene rings is 1. The van der Waals surface area contributed by atoms with E-state index in [0.29, 0.717) is 29.0 Å². The highest BCUT2D eigenvalue weighted by molar-refractivity contribution is 7.92. The zero-order valence-corrected chi connectivity index (χ0v) is 18.0. The van der Waals surface area contributed by atoms with E-state index in [1.54, 1.807) is 46.3 Å². The van der Waals surface area contributed by atoms with E-state index in [2.05, 4.69) is 14.7 Å². The van der Waals surface area contributed by atoms with Crippen molar-refractivity contribution in [2.45, 2.75) is 19.0 Å². The van der Waals surface area contributed by atoms with Crippen molar-refractivity contribution in [2.24, 2.45) is 7.05 Å². The van der Waals surface area contributed by atoms with Gasteiger partial charge in [-0.1, -0.05) is 0 Å². The second kappa shape index (κ2) is 8.76. The van der Waals surface area contributed by atoms with Gasteiger partial charge in [0.15, 0.2) is 0 Å². The van der Waals surface area contributed by atoms with Gasteiger partial charge in [-0.15, -0.1) is 0 Å². The molecular weight excluding hydrogens is 412 g/mol. The Hall–Kier alpha value is -3.05. The number of carbonyl (C=O) groups excluding carboxylic acids is 1. The van der Waals surface area contributed by atoms with Crippen LogP contribution in [-0.2, 0) is 26.5 Å². The van der Waals surface area contributed by atoms with Crippen LogP contribution in [0.3, 0.4) is 0 Å². The van der Waals surface area contributed by atoms with Crippen molar-refractivity contribution in [3.63, 3.8) is 0 Å². The van der Waals surface area contributed by atoms with Gasteiger partial charge in [0.2, 0.25) is 5.16 Å². The summed E-state index contributed by atoms with van der Waals surface area (Å²) >= 11 is 0. The largest absolute Gasteiger partial charge is 0.491 e. The second-order valence-corrected chi connectivity index (χ2v) is 8.14. The summed E-state index contributed by atoms with van der Waals surface area (Å²) in [6, 6.07) is 4.82. The molecule has 11 heteroatoms. The van der Waals surface area contributed by atoms with E-state index >= 15 is 0 Å². The molecule has 0 unspecified atom stereocenters. The third-order valence-electron chi connectivity index (χ3n) is 4.19. The zero-order chi connectivity index (χ0) is 21.9. The molecule has 3 aromatic rings. The van der Waals surface area contributed by atoms with Crippen LogP contribution in [0.4, 0.5) is 5.69 Å². The fourth-order valence-electron chi connectivity index (χ4n) is 2.98.